The first-order valence-corrected chi connectivity index (χ1v) is 11.8. The summed E-state index contributed by atoms with van der Waals surface area (Å²) >= 11 is 0. The maximum Gasteiger partial charge on any atom is 0.411 e. The number of piperidine rings is 1. The highest BCUT2D eigenvalue weighted by Crippen LogP contribution is 2.46. The molecular weight excluding hydrogens is 446 g/mol. The molecule has 1 fully saturated rings. The van der Waals surface area contributed by atoms with E-state index in [-0.39, 0.29) is 11.8 Å². The second-order valence-electron chi connectivity index (χ2n) is 10.0. The van der Waals surface area contributed by atoms with Crippen molar-refractivity contribution >= 4 is 23.6 Å². The molecule has 2 aromatic rings. The number of hydrogen-bond acceptors (Lipinski definition) is 5. The highest BCUT2D eigenvalue weighted by Gasteiger charge is 2.50. The van der Waals surface area contributed by atoms with Gasteiger partial charge in [-0.2, -0.15) is 0 Å². The van der Waals surface area contributed by atoms with Gasteiger partial charge in [-0.25, -0.2) is 4.79 Å². The lowest BCUT2D eigenvalue weighted by molar-refractivity contribution is -0.155. The lowest BCUT2D eigenvalue weighted by Crippen LogP contribution is -2.60. The van der Waals surface area contributed by atoms with Crippen LogP contribution in [0.25, 0.3) is 0 Å². The van der Waals surface area contributed by atoms with Crippen molar-refractivity contribution in [3.05, 3.63) is 65.7 Å². The third kappa shape index (κ3) is 5.65. The lowest BCUT2D eigenvalue weighted by atomic mass is 9.66. The van der Waals surface area contributed by atoms with Gasteiger partial charge in [-0.05, 0) is 36.1 Å². The van der Waals surface area contributed by atoms with Crippen LogP contribution in [0.1, 0.15) is 50.0 Å². The van der Waals surface area contributed by atoms with Gasteiger partial charge in [-0.15, -0.1) is 0 Å². The third-order valence-corrected chi connectivity index (χ3v) is 6.79. The number of rotatable bonds is 6. The van der Waals surface area contributed by atoms with Crippen LogP contribution in [0.15, 0.2) is 54.6 Å². The van der Waals surface area contributed by atoms with Gasteiger partial charge in [-0.1, -0.05) is 64.1 Å². The minimum absolute atomic E-state index is 0.152. The van der Waals surface area contributed by atoms with Crippen LogP contribution >= 0.6 is 0 Å². The van der Waals surface area contributed by atoms with E-state index in [0.29, 0.717) is 30.8 Å². The minimum atomic E-state index is -1.06. The van der Waals surface area contributed by atoms with Crippen molar-refractivity contribution in [2.75, 3.05) is 25.5 Å². The number of anilines is 1. The number of carbonyl (C=O) groups excluding carboxylic acids is 3. The molecule has 0 aliphatic carbocycles. The molecule has 8 heteroatoms. The average Bonchev–Trinajstić information content (AvgIpc) is 2.84. The van der Waals surface area contributed by atoms with Gasteiger partial charge in [-0.3, -0.25) is 14.9 Å². The Kier molecular flexibility index (Phi) is 7.85. The number of amides is 3. The normalized spacial score (nSPS) is 20.1. The first-order chi connectivity index (χ1) is 16.5. The molecule has 3 N–H and O–H groups in total. The van der Waals surface area contributed by atoms with Crippen LogP contribution in [0, 0.1) is 11.3 Å². The van der Waals surface area contributed by atoms with Crippen molar-refractivity contribution in [1.29, 1.82) is 0 Å². The van der Waals surface area contributed by atoms with Crippen LogP contribution in [0.5, 0.6) is 0 Å². The van der Waals surface area contributed by atoms with Crippen LogP contribution in [-0.4, -0.2) is 54.2 Å². The molecular formula is C27H35N3O5. The monoisotopic (exact) mass is 481 g/mol. The third-order valence-electron chi connectivity index (χ3n) is 6.79. The van der Waals surface area contributed by atoms with Crippen molar-refractivity contribution < 1.29 is 24.2 Å². The first kappa shape index (κ1) is 26.2. The average molecular weight is 482 g/mol. The van der Waals surface area contributed by atoms with Gasteiger partial charge in [0.2, 0.25) is 5.91 Å². The summed E-state index contributed by atoms with van der Waals surface area (Å²) in [4.78, 5) is 39.8. The number of nitrogens with zero attached hydrogens (tertiary/aromatic N) is 1. The summed E-state index contributed by atoms with van der Waals surface area (Å²) in [5.74, 6) is -0.746. The molecule has 1 aliphatic rings. The molecule has 0 aromatic heterocycles. The zero-order valence-electron chi connectivity index (χ0n) is 21.0. The number of ether oxygens (including phenoxy) is 1. The number of methoxy groups -OCH3 is 1. The Morgan fingerprint density at radius 2 is 1.74 bits per heavy atom. The molecule has 1 heterocycles. The number of hydrogen-bond donors (Lipinski definition) is 3. The Hall–Kier alpha value is -3.39. The molecule has 2 aromatic carbocycles. The van der Waals surface area contributed by atoms with E-state index in [0.717, 1.165) is 5.56 Å². The van der Waals surface area contributed by atoms with E-state index in [2.05, 4.69) is 15.4 Å². The Balaban J connectivity index is 1.74. The largest absolute Gasteiger partial charge is 0.453 e. The highest BCUT2D eigenvalue weighted by molar-refractivity contribution is 5.99. The molecule has 8 nitrogen and oxygen atoms in total. The second kappa shape index (κ2) is 10.5. The van der Waals surface area contributed by atoms with Crippen molar-refractivity contribution in [3.63, 3.8) is 0 Å². The van der Waals surface area contributed by atoms with Crippen LogP contribution in [0.4, 0.5) is 10.5 Å². The SMILES string of the molecule is COC(=O)Nc1cccc(C(=O)N[C@@H](C(=O)N2CC[C@](O)(c3ccccc3)C(C)(C)C2)C(C)C)c1. The predicted octanol–water partition coefficient (Wildman–Crippen LogP) is 3.77. The fraction of sp³-hybridized carbons (Fsp3) is 0.444. The molecule has 0 bridgehead atoms. The van der Waals surface area contributed by atoms with Gasteiger partial charge in [0.15, 0.2) is 0 Å². The van der Waals surface area contributed by atoms with E-state index in [1.165, 1.54) is 13.2 Å². The van der Waals surface area contributed by atoms with Gasteiger partial charge >= 0.3 is 6.09 Å². The zero-order valence-corrected chi connectivity index (χ0v) is 21.0. The van der Waals surface area contributed by atoms with Crippen LogP contribution in [0.2, 0.25) is 0 Å². The first-order valence-electron chi connectivity index (χ1n) is 11.8. The molecule has 0 saturated carbocycles. The number of aliphatic hydroxyl groups is 1. The van der Waals surface area contributed by atoms with E-state index < -0.39 is 29.1 Å². The number of nitrogens with one attached hydrogen (secondary N) is 2. The van der Waals surface area contributed by atoms with Crippen molar-refractivity contribution in [1.82, 2.24) is 10.2 Å². The quantitative estimate of drug-likeness (QED) is 0.582. The van der Waals surface area contributed by atoms with Crippen LogP contribution in [-0.2, 0) is 15.1 Å². The molecule has 0 radical (unpaired) electrons. The molecule has 3 amide bonds. The summed E-state index contributed by atoms with van der Waals surface area (Å²) in [6, 6.07) is 15.2. The Bertz CT molecular complexity index is 1070. The molecule has 2 atom stereocenters. The standard InChI is InChI=1S/C27H35N3O5/c1-18(2)22(29-23(31)19-10-9-13-21(16-19)28-25(33)35-5)24(32)30-15-14-27(34,26(3,4)17-30)20-11-7-6-8-12-20/h6-13,16,18,22,34H,14-15,17H2,1-5H3,(H,28,33)(H,29,31)/t22-,27+/m1/s1. The fourth-order valence-corrected chi connectivity index (χ4v) is 4.60. The number of carbonyl (C=O) groups is 3. The smallest absolute Gasteiger partial charge is 0.411 e. The maximum atomic E-state index is 13.5. The molecule has 3 rings (SSSR count). The maximum absolute atomic E-state index is 13.5. The minimum Gasteiger partial charge on any atom is -0.453 e. The van der Waals surface area contributed by atoms with E-state index >= 15 is 0 Å². The summed E-state index contributed by atoms with van der Waals surface area (Å²) in [7, 11) is 1.26. The summed E-state index contributed by atoms with van der Waals surface area (Å²) in [5.41, 5.74) is -0.0907. The van der Waals surface area contributed by atoms with Gasteiger partial charge in [0.05, 0.1) is 12.7 Å². The number of likely N-dealkylation sites (tertiary alicyclic amines) is 1. The topological polar surface area (TPSA) is 108 Å². The van der Waals surface area contributed by atoms with Gasteiger partial charge in [0.1, 0.15) is 6.04 Å². The Morgan fingerprint density at radius 3 is 2.34 bits per heavy atom. The molecule has 188 valence electrons. The molecule has 0 spiro atoms. The molecule has 0 unspecified atom stereocenters. The van der Waals surface area contributed by atoms with Crippen LogP contribution < -0.4 is 10.6 Å². The number of benzene rings is 2. The Morgan fingerprint density at radius 1 is 1.06 bits per heavy atom. The molecule has 1 saturated heterocycles. The van der Waals surface area contributed by atoms with E-state index in [1.807, 2.05) is 58.0 Å². The van der Waals surface area contributed by atoms with E-state index in [1.54, 1.807) is 23.1 Å². The predicted molar refractivity (Wildman–Crippen MR) is 134 cm³/mol. The van der Waals surface area contributed by atoms with Gasteiger partial charge in [0, 0.05) is 29.8 Å². The van der Waals surface area contributed by atoms with E-state index in [9.17, 15) is 19.5 Å². The zero-order chi connectivity index (χ0) is 25.8. The summed E-state index contributed by atoms with van der Waals surface area (Å²) in [6.45, 7) is 8.42. The fourth-order valence-electron chi connectivity index (χ4n) is 4.60. The molecule has 1 aliphatic heterocycles. The van der Waals surface area contributed by atoms with Crippen LogP contribution in [0.3, 0.4) is 0 Å². The highest BCUT2D eigenvalue weighted by atomic mass is 16.5. The van der Waals surface area contributed by atoms with Crippen molar-refractivity contribution in [2.45, 2.75) is 45.8 Å². The summed E-state index contributed by atoms with van der Waals surface area (Å²) < 4.78 is 4.59. The molecule has 35 heavy (non-hydrogen) atoms. The summed E-state index contributed by atoms with van der Waals surface area (Å²) in [5, 5.41) is 17.0. The summed E-state index contributed by atoms with van der Waals surface area (Å²) in [6.07, 6.45) is -0.239. The van der Waals surface area contributed by atoms with Gasteiger partial charge < -0.3 is 20.1 Å². The van der Waals surface area contributed by atoms with E-state index in [4.69, 9.17) is 0 Å². The van der Waals surface area contributed by atoms with Crippen molar-refractivity contribution in [2.24, 2.45) is 11.3 Å². The van der Waals surface area contributed by atoms with Crippen molar-refractivity contribution in [3.8, 4) is 0 Å². The Labute approximate surface area is 206 Å². The van der Waals surface area contributed by atoms with Gasteiger partial charge in [0.25, 0.3) is 5.91 Å². The second-order valence-corrected chi connectivity index (χ2v) is 10.0. The lowest BCUT2D eigenvalue weighted by Gasteiger charge is -2.51.